The van der Waals surface area contributed by atoms with Gasteiger partial charge in [-0.15, -0.1) is 0 Å². The fourth-order valence-corrected chi connectivity index (χ4v) is 4.95. The third-order valence-corrected chi connectivity index (χ3v) is 6.68. The highest BCUT2D eigenvalue weighted by Gasteiger charge is 2.44. The molecule has 0 saturated carbocycles. The molecule has 0 bridgehead atoms. The van der Waals surface area contributed by atoms with E-state index in [0.717, 1.165) is 29.1 Å². The van der Waals surface area contributed by atoms with Crippen molar-refractivity contribution < 1.29 is 14.3 Å². The number of halogens is 1. The lowest BCUT2D eigenvalue weighted by Gasteiger charge is -2.46. The number of pyridine rings is 1. The number of hydrogen-bond acceptors (Lipinski definition) is 6. The zero-order valence-corrected chi connectivity index (χ0v) is 18.7. The standard InChI is InChI=1S/C25H23FN4O2S/c26-22-8-2-6-20(28-22)14-25(32)15-30(16-25)24(31)18-9-11-19(12-10-18)29-33-21-7-1-4-17-5-3-13-27-23(17)21/h1-2,4,6-13,29,32H,3,5,14-16H2. The summed E-state index contributed by atoms with van der Waals surface area (Å²) in [6.45, 7) is 0.388. The Labute approximate surface area is 195 Å². The molecule has 0 spiro atoms. The van der Waals surface area contributed by atoms with Gasteiger partial charge in [-0.05, 0) is 72.8 Å². The summed E-state index contributed by atoms with van der Waals surface area (Å²) >= 11 is 1.50. The summed E-state index contributed by atoms with van der Waals surface area (Å²) in [6, 6.07) is 18.0. The quantitative estimate of drug-likeness (QED) is 0.419. The SMILES string of the molecule is O=C(c1ccc(NSc2cccc3c2N=CCC3)cc1)N1CC(O)(Cc2cccc(F)n2)C1. The largest absolute Gasteiger partial charge is 0.386 e. The van der Waals surface area contributed by atoms with Crippen molar-refractivity contribution in [3.8, 4) is 0 Å². The van der Waals surface area contributed by atoms with Crippen molar-refractivity contribution in [1.29, 1.82) is 0 Å². The predicted octanol–water partition coefficient (Wildman–Crippen LogP) is 4.42. The van der Waals surface area contributed by atoms with Crippen molar-refractivity contribution in [2.45, 2.75) is 29.8 Å². The molecule has 2 N–H and O–H groups in total. The Kier molecular flexibility index (Phi) is 5.86. The minimum absolute atomic E-state index is 0.141. The van der Waals surface area contributed by atoms with Crippen LogP contribution in [0.5, 0.6) is 0 Å². The van der Waals surface area contributed by atoms with Gasteiger partial charge in [-0.3, -0.25) is 9.79 Å². The van der Waals surface area contributed by atoms with Crippen LogP contribution in [-0.2, 0) is 12.8 Å². The van der Waals surface area contributed by atoms with Crippen molar-refractivity contribution in [2.24, 2.45) is 4.99 Å². The van der Waals surface area contributed by atoms with Crippen molar-refractivity contribution in [2.75, 3.05) is 17.8 Å². The fraction of sp³-hybridized carbons (Fsp3) is 0.240. The van der Waals surface area contributed by atoms with Gasteiger partial charge in [0, 0.05) is 29.6 Å². The van der Waals surface area contributed by atoms with Gasteiger partial charge in [-0.2, -0.15) is 4.39 Å². The summed E-state index contributed by atoms with van der Waals surface area (Å²) in [4.78, 5) is 23.8. The predicted molar refractivity (Wildman–Crippen MR) is 128 cm³/mol. The first-order chi connectivity index (χ1) is 16.0. The Balaban J connectivity index is 1.17. The molecule has 3 aromatic rings. The van der Waals surface area contributed by atoms with Gasteiger partial charge < -0.3 is 14.7 Å². The summed E-state index contributed by atoms with van der Waals surface area (Å²) in [6.07, 6.45) is 4.15. The summed E-state index contributed by atoms with van der Waals surface area (Å²) in [5.41, 5.74) is 3.11. The molecule has 1 amide bonds. The van der Waals surface area contributed by atoms with Crippen molar-refractivity contribution >= 4 is 35.4 Å². The van der Waals surface area contributed by atoms with Crippen molar-refractivity contribution in [3.05, 3.63) is 83.4 Å². The molecule has 0 aliphatic carbocycles. The molecule has 2 aromatic carbocycles. The average molecular weight is 463 g/mol. The molecule has 0 atom stereocenters. The van der Waals surface area contributed by atoms with E-state index in [1.54, 1.807) is 29.2 Å². The highest BCUT2D eigenvalue weighted by atomic mass is 32.2. The average Bonchev–Trinajstić information content (AvgIpc) is 2.81. The third-order valence-electron chi connectivity index (χ3n) is 5.80. The lowest BCUT2D eigenvalue weighted by atomic mass is 9.88. The third kappa shape index (κ3) is 4.77. The summed E-state index contributed by atoms with van der Waals surface area (Å²) in [7, 11) is 0. The van der Waals surface area contributed by atoms with Crippen LogP contribution in [0.15, 0.2) is 70.6 Å². The maximum Gasteiger partial charge on any atom is 0.254 e. The van der Waals surface area contributed by atoms with Crippen LogP contribution in [0.1, 0.15) is 28.0 Å². The second-order valence-electron chi connectivity index (χ2n) is 8.41. The van der Waals surface area contributed by atoms with E-state index >= 15 is 0 Å². The Morgan fingerprint density at radius 2 is 1.91 bits per heavy atom. The second-order valence-corrected chi connectivity index (χ2v) is 9.26. The van der Waals surface area contributed by atoms with Gasteiger partial charge in [0.25, 0.3) is 5.91 Å². The molecule has 8 heteroatoms. The number of hydrogen-bond donors (Lipinski definition) is 2. The number of aliphatic imine (C=N–C) groups is 1. The molecular weight excluding hydrogens is 439 g/mol. The van der Waals surface area contributed by atoms with Crippen molar-refractivity contribution in [1.82, 2.24) is 9.88 Å². The number of β-amino-alcohol motifs (C(OH)–C–C–N with tert-alkyl or cyclic N) is 1. The van der Waals surface area contributed by atoms with Gasteiger partial charge in [-0.1, -0.05) is 18.2 Å². The lowest BCUT2D eigenvalue weighted by Crippen LogP contribution is -2.64. The number of aromatic nitrogens is 1. The van der Waals surface area contributed by atoms with Crippen LogP contribution in [-0.4, -0.2) is 45.8 Å². The molecule has 2 aliphatic heterocycles. The van der Waals surface area contributed by atoms with E-state index in [1.807, 2.05) is 30.5 Å². The number of para-hydroxylation sites is 1. The first kappa shape index (κ1) is 21.6. The zero-order valence-electron chi connectivity index (χ0n) is 17.9. The summed E-state index contributed by atoms with van der Waals surface area (Å²) < 4.78 is 16.6. The molecule has 6 nitrogen and oxygen atoms in total. The molecule has 1 saturated heterocycles. The fourth-order valence-electron chi connectivity index (χ4n) is 4.16. The summed E-state index contributed by atoms with van der Waals surface area (Å²) in [5, 5.41) is 10.6. The number of rotatable bonds is 6. The van der Waals surface area contributed by atoms with E-state index in [-0.39, 0.29) is 25.4 Å². The molecule has 1 aromatic heterocycles. The Hall–Kier alpha value is -3.23. The van der Waals surface area contributed by atoms with E-state index < -0.39 is 11.5 Å². The van der Waals surface area contributed by atoms with E-state index in [9.17, 15) is 14.3 Å². The summed E-state index contributed by atoms with van der Waals surface area (Å²) in [5.74, 6) is -0.715. The second kappa shape index (κ2) is 8.96. The first-order valence-corrected chi connectivity index (χ1v) is 11.6. The molecular formula is C25H23FN4O2S. The number of benzene rings is 2. The molecule has 2 aliphatic rings. The number of aryl methyl sites for hydroxylation is 1. The molecule has 0 radical (unpaired) electrons. The minimum atomic E-state index is -1.08. The number of amides is 1. The zero-order chi connectivity index (χ0) is 22.8. The molecule has 1 fully saturated rings. The molecule has 168 valence electrons. The highest BCUT2D eigenvalue weighted by molar-refractivity contribution is 8.00. The maximum absolute atomic E-state index is 13.3. The van der Waals surface area contributed by atoms with Gasteiger partial charge in [0.15, 0.2) is 0 Å². The van der Waals surface area contributed by atoms with Crippen LogP contribution in [0.4, 0.5) is 15.8 Å². The van der Waals surface area contributed by atoms with E-state index in [1.165, 1.54) is 23.6 Å². The van der Waals surface area contributed by atoms with Crippen LogP contribution in [0.3, 0.4) is 0 Å². The van der Waals surface area contributed by atoms with Crippen LogP contribution in [0, 0.1) is 5.95 Å². The monoisotopic (exact) mass is 462 g/mol. The maximum atomic E-state index is 13.3. The molecule has 3 heterocycles. The number of carbonyl (C=O) groups excluding carboxylic acids is 1. The number of aliphatic hydroxyl groups is 1. The first-order valence-electron chi connectivity index (χ1n) is 10.8. The number of nitrogens with zero attached hydrogens (tertiary/aromatic N) is 3. The van der Waals surface area contributed by atoms with E-state index in [0.29, 0.717) is 11.3 Å². The highest BCUT2D eigenvalue weighted by Crippen LogP contribution is 2.35. The molecule has 0 unspecified atom stereocenters. The topological polar surface area (TPSA) is 77.8 Å². The van der Waals surface area contributed by atoms with Gasteiger partial charge >= 0.3 is 0 Å². The number of fused-ring (bicyclic) bond motifs is 1. The van der Waals surface area contributed by atoms with Gasteiger partial charge in [0.2, 0.25) is 5.95 Å². The Morgan fingerprint density at radius 1 is 1.12 bits per heavy atom. The number of carbonyl (C=O) groups is 1. The smallest absolute Gasteiger partial charge is 0.254 e. The van der Waals surface area contributed by atoms with E-state index in [4.69, 9.17) is 0 Å². The van der Waals surface area contributed by atoms with Crippen molar-refractivity contribution in [3.63, 3.8) is 0 Å². The number of anilines is 1. The molecule has 5 rings (SSSR count). The van der Waals surface area contributed by atoms with Gasteiger partial charge in [0.1, 0.15) is 5.60 Å². The van der Waals surface area contributed by atoms with Crippen LogP contribution in [0.2, 0.25) is 0 Å². The number of likely N-dealkylation sites (tertiary alicyclic amines) is 1. The van der Waals surface area contributed by atoms with E-state index in [2.05, 4.69) is 20.8 Å². The lowest BCUT2D eigenvalue weighted by molar-refractivity contribution is -0.0805. The molecule has 33 heavy (non-hydrogen) atoms. The van der Waals surface area contributed by atoms with Gasteiger partial charge in [-0.25, -0.2) is 4.98 Å². The Morgan fingerprint density at radius 3 is 2.70 bits per heavy atom. The van der Waals surface area contributed by atoms with Crippen LogP contribution >= 0.6 is 11.9 Å². The van der Waals surface area contributed by atoms with Gasteiger partial charge in [0.05, 0.1) is 23.7 Å². The number of nitrogens with one attached hydrogen (secondary N) is 1. The van der Waals surface area contributed by atoms with Crippen LogP contribution in [0.25, 0.3) is 0 Å². The Bertz CT molecular complexity index is 1210. The minimum Gasteiger partial charge on any atom is -0.386 e. The van der Waals surface area contributed by atoms with Crippen LogP contribution < -0.4 is 4.72 Å². The normalized spacial score (nSPS) is 16.1.